The van der Waals surface area contributed by atoms with E-state index in [1.165, 1.54) is 22.9 Å². The number of hydrogen-bond donors (Lipinski definition) is 2. The molecule has 0 aliphatic carbocycles. The normalized spacial score (nSPS) is 12.4. The Labute approximate surface area is 179 Å². The number of amides is 1. The summed E-state index contributed by atoms with van der Waals surface area (Å²) in [5.74, 6) is 0.610. The second-order valence-electron chi connectivity index (χ2n) is 8.47. The average molecular weight is 410 g/mol. The number of nitrogens with zero attached hydrogens (tertiary/aromatic N) is 1. The fraction of sp³-hybridized carbons (Fsp3) is 0.417. The maximum Gasteiger partial charge on any atom is 0.238 e. The highest BCUT2D eigenvalue weighted by molar-refractivity contribution is 7.99. The van der Waals surface area contributed by atoms with Crippen LogP contribution in [0.1, 0.15) is 51.8 Å². The van der Waals surface area contributed by atoms with Crippen molar-refractivity contribution in [3.05, 3.63) is 59.7 Å². The van der Waals surface area contributed by atoms with E-state index >= 15 is 0 Å². The van der Waals surface area contributed by atoms with Gasteiger partial charge in [0.25, 0.3) is 0 Å². The van der Waals surface area contributed by atoms with E-state index in [1.54, 1.807) is 0 Å². The van der Waals surface area contributed by atoms with Gasteiger partial charge in [-0.1, -0.05) is 71.0 Å². The van der Waals surface area contributed by atoms with Crippen LogP contribution in [0.4, 0.5) is 5.69 Å². The van der Waals surface area contributed by atoms with Crippen molar-refractivity contribution in [1.82, 2.24) is 5.32 Å². The van der Waals surface area contributed by atoms with Crippen molar-refractivity contribution in [2.24, 2.45) is 5.92 Å². The zero-order chi connectivity index (χ0) is 21.4. The Morgan fingerprint density at radius 3 is 2.34 bits per heavy atom. The molecule has 1 amide bonds. The fourth-order valence-corrected chi connectivity index (χ4v) is 3.80. The standard InChI is InChI=1S/C24H31N3OS/c1-17(2)23(18-10-12-19(13-11-18)24(3,4)5)26-16-22(28)27-20-8-6-7-9-21(20)29-15-14-25/h6-13,17,23,26H,15-16H2,1-5H3,(H,27,28)/t23-/m0/s1. The highest BCUT2D eigenvalue weighted by Gasteiger charge is 2.19. The molecule has 2 aromatic rings. The molecule has 0 aromatic heterocycles. The van der Waals surface area contributed by atoms with Crippen LogP contribution in [0.15, 0.2) is 53.4 Å². The van der Waals surface area contributed by atoms with Gasteiger partial charge in [0.1, 0.15) is 0 Å². The monoisotopic (exact) mass is 409 g/mol. The molecular formula is C24H31N3OS. The second kappa shape index (κ2) is 10.5. The van der Waals surface area contributed by atoms with Crippen LogP contribution in [0.2, 0.25) is 0 Å². The molecule has 4 nitrogen and oxygen atoms in total. The zero-order valence-electron chi connectivity index (χ0n) is 18.0. The summed E-state index contributed by atoms with van der Waals surface area (Å²) >= 11 is 1.42. The molecule has 0 bridgehead atoms. The zero-order valence-corrected chi connectivity index (χ0v) is 18.8. The molecule has 1 atom stereocenters. The first-order valence-corrected chi connectivity index (χ1v) is 10.9. The van der Waals surface area contributed by atoms with Crippen molar-refractivity contribution in [1.29, 1.82) is 5.26 Å². The first-order chi connectivity index (χ1) is 13.7. The Morgan fingerprint density at radius 2 is 1.76 bits per heavy atom. The smallest absolute Gasteiger partial charge is 0.238 e. The third-order valence-electron chi connectivity index (χ3n) is 4.74. The summed E-state index contributed by atoms with van der Waals surface area (Å²) in [4.78, 5) is 13.4. The topological polar surface area (TPSA) is 64.9 Å². The predicted molar refractivity (Wildman–Crippen MR) is 122 cm³/mol. The summed E-state index contributed by atoms with van der Waals surface area (Å²) in [5.41, 5.74) is 3.35. The van der Waals surface area contributed by atoms with E-state index in [1.807, 2.05) is 24.3 Å². The van der Waals surface area contributed by atoms with Gasteiger partial charge in [-0.3, -0.25) is 4.79 Å². The van der Waals surface area contributed by atoms with E-state index in [4.69, 9.17) is 5.26 Å². The van der Waals surface area contributed by atoms with Gasteiger partial charge in [-0.05, 0) is 34.6 Å². The Balaban J connectivity index is 2.02. The molecule has 0 radical (unpaired) electrons. The lowest BCUT2D eigenvalue weighted by Gasteiger charge is -2.25. The van der Waals surface area contributed by atoms with Crippen molar-refractivity contribution in [3.8, 4) is 6.07 Å². The number of carbonyl (C=O) groups excluding carboxylic acids is 1. The molecule has 0 unspecified atom stereocenters. The maximum atomic E-state index is 12.5. The summed E-state index contributed by atoms with van der Waals surface area (Å²) in [6.07, 6.45) is 0. The number of nitrogens with one attached hydrogen (secondary N) is 2. The van der Waals surface area contributed by atoms with Crippen molar-refractivity contribution in [3.63, 3.8) is 0 Å². The number of para-hydroxylation sites is 1. The molecule has 0 aliphatic rings. The van der Waals surface area contributed by atoms with Gasteiger partial charge in [-0.25, -0.2) is 0 Å². The van der Waals surface area contributed by atoms with E-state index < -0.39 is 0 Å². The Bertz CT molecular complexity index is 848. The molecule has 154 valence electrons. The van der Waals surface area contributed by atoms with Crippen LogP contribution in [0.25, 0.3) is 0 Å². The van der Waals surface area contributed by atoms with E-state index in [2.05, 4.69) is 75.6 Å². The first-order valence-electron chi connectivity index (χ1n) is 9.95. The lowest BCUT2D eigenvalue weighted by atomic mass is 9.85. The molecule has 5 heteroatoms. The number of anilines is 1. The van der Waals surface area contributed by atoms with Gasteiger partial charge >= 0.3 is 0 Å². The Kier molecular flexibility index (Phi) is 8.31. The van der Waals surface area contributed by atoms with Gasteiger partial charge in [0.15, 0.2) is 0 Å². The van der Waals surface area contributed by atoms with Crippen molar-refractivity contribution in [2.75, 3.05) is 17.6 Å². The lowest BCUT2D eigenvalue weighted by molar-refractivity contribution is -0.115. The maximum absolute atomic E-state index is 12.5. The van der Waals surface area contributed by atoms with Gasteiger partial charge in [0, 0.05) is 10.9 Å². The van der Waals surface area contributed by atoms with Gasteiger partial charge in [0.2, 0.25) is 5.91 Å². The number of rotatable bonds is 8. The van der Waals surface area contributed by atoms with Crippen molar-refractivity contribution < 1.29 is 4.79 Å². The van der Waals surface area contributed by atoms with Crippen LogP contribution in [0.3, 0.4) is 0 Å². The number of carbonyl (C=O) groups is 1. The Morgan fingerprint density at radius 1 is 1.10 bits per heavy atom. The van der Waals surface area contributed by atoms with Crippen LogP contribution < -0.4 is 10.6 Å². The molecule has 29 heavy (non-hydrogen) atoms. The lowest BCUT2D eigenvalue weighted by Crippen LogP contribution is -2.33. The summed E-state index contributed by atoms with van der Waals surface area (Å²) in [7, 11) is 0. The Hall–Kier alpha value is -2.29. The molecule has 0 spiro atoms. The minimum absolute atomic E-state index is 0.0908. The van der Waals surface area contributed by atoms with Crippen LogP contribution >= 0.6 is 11.8 Å². The van der Waals surface area contributed by atoms with Crippen LogP contribution in [0.5, 0.6) is 0 Å². The minimum atomic E-state index is -0.0908. The largest absolute Gasteiger partial charge is 0.324 e. The third-order valence-corrected chi connectivity index (χ3v) is 5.68. The van der Waals surface area contributed by atoms with E-state index in [0.717, 1.165) is 10.6 Å². The molecule has 0 saturated heterocycles. The predicted octanol–water partition coefficient (Wildman–Crippen LogP) is 5.53. The molecule has 2 N–H and O–H groups in total. The van der Waals surface area contributed by atoms with E-state index in [-0.39, 0.29) is 23.9 Å². The van der Waals surface area contributed by atoms with Crippen molar-refractivity contribution >= 4 is 23.4 Å². The molecule has 0 heterocycles. The quantitative estimate of drug-likeness (QED) is 0.563. The highest BCUT2D eigenvalue weighted by Crippen LogP contribution is 2.28. The molecule has 2 aromatic carbocycles. The van der Waals surface area contributed by atoms with Crippen LogP contribution in [-0.4, -0.2) is 18.2 Å². The van der Waals surface area contributed by atoms with Gasteiger partial charge in [-0.2, -0.15) is 5.26 Å². The molecular weight excluding hydrogens is 378 g/mol. The van der Waals surface area contributed by atoms with Crippen LogP contribution in [-0.2, 0) is 10.2 Å². The summed E-state index contributed by atoms with van der Waals surface area (Å²) in [5, 5.41) is 15.2. The van der Waals surface area contributed by atoms with Gasteiger partial charge in [0.05, 0.1) is 24.1 Å². The van der Waals surface area contributed by atoms with Crippen molar-refractivity contribution in [2.45, 2.75) is 51.0 Å². The third kappa shape index (κ3) is 6.92. The van der Waals surface area contributed by atoms with E-state index in [9.17, 15) is 4.79 Å². The van der Waals surface area contributed by atoms with E-state index in [0.29, 0.717) is 11.7 Å². The molecule has 0 saturated carbocycles. The van der Waals surface area contributed by atoms with Crippen LogP contribution in [0, 0.1) is 17.2 Å². The molecule has 2 rings (SSSR count). The number of thioether (sulfide) groups is 1. The SMILES string of the molecule is CC(C)[C@H](NCC(=O)Nc1ccccc1SCC#N)c1ccc(C(C)(C)C)cc1. The van der Waals surface area contributed by atoms with Gasteiger partial charge < -0.3 is 10.6 Å². The average Bonchev–Trinajstić information content (AvgIpc) is 2.67. The first kappa shape index (κ1) is 23.0. The minimum Gasteiger partial charge on any atom is -0.324 e. The number of hydrogen-bond acceptors (Lipinski definition) is 4. The molecule has 0 fully saturated rings. The summed E-state index contributed by atoms with van der Waals surface area (Å²) in [6.45, 7) is 11.1. The second-order valence-corrected chi connectivity index (χ2v) is 9.48. The number of nitriles is 1. The number of benzene rings is 2. The summed E-state index contributed by atoms with van der Waals surface area (Å²) < 4.78 is 0. The van der Waals surface area contributed by atoms with Gasteiger partial charge in [-0.15, -0.1) is 11.8 Å². The fourth-order valence-electron chi connectivity index (χ4n) is 3.13. The summed E-state index contributed by atoms with van der Waals surface area (Å²) in [6, 6.07) is 18.4. The molecule has 0 aliphatic heterocycles. The highest BCUT2D eigenvalue weighted by atomic mass is 32.2.